The molecule has 0 saturated carbocycles. The van der Waals surface area contributed by atoms with E-state index < -0.39 is 0 Å². The highest BCUT2D eigenvalue weighted by molar-refractivity contribution is 5.90. The Morgan fingerprint density at radius 1 is 1.31 bits per heavy atom. The molecule has 0 aliphatic heterocycles. The Bertz CT molecular complexity index is 383. The molecule has 0 spiro atoms. The second-order valence-corrected chi connectivity index (χ2v) is 4.54. The van der Waals surface area contributed by atoms with Crippen LogP contribution in [0.15, 0.2) is 18.2 Å². The first kappa shape index (κ1) is 14.8. The number of nitrogens with two attached hydrogens (primary N) is 1. The largest absolute Gasteiger partial charge is 0.465 e. The summed E-state index contributed by atoms with van der Waals surface area (Å²) in [4.78, 5) is 11.3. The number of methoxy groups -OCH3 is 1. The predicted octanol–water partition coefficient (Wildman–Crippen LogP) is 2.77. The number of halogens is 1. The van der Waals surface area contributed by atoms with Crippen LogP contribution >= 0.6 is 12.4 Å². The van der Waals surface area contributed by atoms with Gasteiger partial charge in [-0.25, -0.2) is 4.79 Å². The number of anilines is 1. The molecule has 90 valence electrons. The molecule has 4 heteroatoms. The number of rotatable bonds is 1. The van der Waals surface area contributed by atoms with Gasteiger partial charge in [0.25, 0.3) is 0 Å². The van der Waals surface area contributed by atoms with Crippen LogP contribution in [0.4, 0.5) is 5.69 Å². The fourth-order valence-electron chi connectivity index (χ4n) is 1.45. The molecular weight excluding hydrogens is 226 g/mol. The van der Waals surface area contributed by atoms with E-state index in [9.17, 15) is 4.79 Å². The molecule has 2 N–H and O–H groups in total. The molecule has 1 aromatic rings. The summed E-state index contributed by atoms with van der Waals surface area (Å²) in [7, 11) is 1.37. The highest BCUT2D eigenvalue weighted by atomic mass is 35.5. The zero-order chi connectivity index (χ0) is 11.6. The number of hydrogen-bond acceptors (Lipinski definition) is 3. The highest BCUT2D eigenvalue weighted by Gasteiger charge is 2.18. The average Bonchev–Trinajstić information content (AvgIpc) is 2.15. The Kier molecular flexibility index (Phi) is 4.81. The summed E-state index contributed by atoms with van der Waals surface area (Å²) in [6.45, 7) is 6.17. The van der Waals surface area contributed by atoms with Gasteiger partial charge in [0.15, 0.2) is 0 Å². The van der Waals surface area contributed by atoms with Gasteiger partial charge in [0, 0.05) is 5.69 Å². The lowest BCUT2D eigenvalue weighted by Gasteiger charge is -2.21. The maximum atomic E-state index is 11.3. The zero-order valence-corrected chi connectivity index (χ0v) is 10.9. The zero-order valence-electron chi connectivity index (χ0n) is 10.0. The number of ether oxygens (including phenoxy) is 1. The molecule has 3 nitrogen and oxygen atoms in total. The van der Waals surface area contributed by atoms with Crippen LogP contribution in [0.1, 0.15) is 36.7 Å². The second kappa shape index (κ2) is 5.21. The number of carbonyl (C=O) groups is 1. The fraction of sp³-hybridized carbons (Fsp3) is 0.417. The van der Waals surface area contributed by atoms with E-state index in [1.807, 2.05) is 0 Å². The van der Waals surface area contributed by atoms with Gasteiger partial charge in [-0.3, -0.25) is 0 Å². The van der Waals surface area contributed by atoms with Crippen LogP contribution < -0.4 is 5.73 Å². The third-order valence-corrected chi connectivity index (χ3v) is 2.28. The van der Waals surface area contributed by atoms with Crippen LogP contribution in [0, 0.1) is 0 Å². The molecule has 0 saturated heterocycles. The Morgan fingerprint density at radius 3 is 2.31 bits per heavy atom. The summed E-state index contributed by atoms with van der Waals surface area (Å²) in [6, 6.07) is 5.21. The molecule has 0 amide bonds. The lowest BCUT2D eigenvalue weighted by Crippen LogP contribution is -2.15. The van der Waals surface area contributed by atoms with E-state index in [0.29, 0.717) is 11.3 Å². The van der Waals surface area contributed by atoms with Gasteiger partial charge in [-0.1, -0.05) is 20.8 Å². The fourth-order valence-corrected chi connectivity index (χ4v) is 1.45. The number of esters is 1. The minimum atomic E-state index is -0.333. The third-order valence-electron chi connectivity index (χ3n) is 2.28. The first-order valence-electron chi connectivity index (χ1n) is 4.84. The van der Waals surface area contributed by atoms with Crippen molar-refractivity contribution in [3.05, 3.63) is 29.3 Å². The topological polar surface area (TPSA) is 52.3 Å². The van der Waals surface area contributed by atoms with Gasteiger partial charge < -0.3 is 10.5 Å². The molecule has 1 rings (SSSR count). The maximum Gasteiger partial charge on any atom is 0.337 e. The molecule has 0 heterocycles. The summed E-state index contributed by atoms with van der Waals surface area (Å²) in [5, 5.41) is 0. The van der Waals surface area contributed by atoms with E-state index in [1.54, 1.807) is 18.2 Å². The number of nitrogen functional groups attached to an aromatic ring is 1. The molecule has 0 aromatic heterocycles. The van der Waals surface area contributed by atoms with Crippen molar-refractivity contribution < 1.29 is 9.53 Å². The van der Waals surface area contributed by atoms with E-state index in [1.165, 1.54) is 7.11 Å². The smallest absolute Gasteiger partial charge is 0.337 e. The Balaban J connectivity index is 0.00000225. The van der Waals surface area contributed by atoms with Crippen LogP contribution in [-0.4, -0.2) is 13.1 Å². The first-order chi connectivity index (χ1) is 6.86. The second-order valence-electron chi connectivity index (χ2n) is 4.54. The van der Waals surface area contributed by atoms with Crippen LogP contribution in [0.5, 0.6) is 0 Å². The summed E-state index contributed by atoms with van der Waals surface area (Å²) in [5.74, 6) is -0.333. The van der Waals surface area contributed by atoms with Crippen molar-refractivity contribution in [2.75, 3.05) is 12.8 Å². The molecule has 0 aliphatic rings. The van der Waals surface area contributed by atoms with E-state index in [0.717, 1.165) is 5.56 Å². The Labute approximate surface area is 102 Å². The van der Waals surface area contributed by atoms with E-state index in [4.69, 9.17) is 5.73 Å². The number of carbonyl (C=O) groups excluding carboxylic acids is 1. The van der Waals surface area contributed by atoms with Gasteiger partial charge in [-0.15, -0.1) is 12.4 Å². The van der Waals surface area contributed by atoms with Crippen molar-refractivity contribution in [3.63, 3.8) is 0 Å². The molecule has 0 fully saturated rings. The molecule has 0 aliphatic carbocycles. The minimum Gasteiger partial charge on any atom is -0.465 e. The predicted molar refractivity (Wildman–Crippen MR) is 68.1 cm³/mol. The summed E-state index contributed by atoms with van der Waals surface area (Å²) < 4.78 is 4.66. The maximum absolute atomic E-state index is 11.3. The summed E-state index contributed by atoms with van der Waals surface area (Å²) in [5.41, 5.74) is 8.00. The van der Waals surface area contributed by atoms with Crippen LogP contribution in [0.3, 0.4) is 0 Å². The van der Waals surface area contributed by atoms with Crippen molar-refractivity contribution >= 4 is 24.1 Å². The van der Waals surface area contributed by atoms with Crippen molar-refractivity contribution in [2.24, 2.45) is 0 Å². The highest BCUT2D eigenvalue weighted by Crippen LogP contribution is 2.28. The van der Waals surface area contributed by atoms with Gasteiger partial charge in [0.05, 0.1) is 12.7 Å². The van der Waals surface area contributed by atoms with Crippen LogP contribution in [-0.2, 0) is 10.2 Å². The van der Waals surface area contributed by atoms with Crippen LogP contribution in [0.25, 0.3) is 0 Å². The normalized spacial score (nSPS) is 10.5. The minimum absolute atomic E-state index is 0. The van der Waals surface area contributed by atoms with Gasteiger partial charge in [0.2, 0.25) is 0 Å². The van der Waals surface area contributed by atoms with Crippen molar-refractivity contribution in [1.82, 2.24) is 0 Å². The molecule has 16 heavy (non-hydrogen) atoms. The van der Waals surface area contributed by atoms with Gasteiger partial charge >= 0.3 is 5.97 Å². The molecule has 0 atom stereocenters. The third kappa shape index (κ3) is 3.14. The quantitative estimate of drug-likeness (QED) is 0.610. The number of hydrogen-bond donors (Lipinski definition) is 1. The van der Waals surface area contributed by atoms with Crippen molar-refractivity contribution in [3.8, 4) is 0 Å². The van der Waals surface area contributed by atoms with E-state index in [-0.39, 0.29) is 23.8 Å². The Morgan fingerprint density at radius 2 is 1.88 bits per heavy atom. The lowest BCUT2D eigenvalue weighted by atomic mass is 9.85. The molecule has 0 bridgehead atoms. The van der Waals surface area contributed by atoms with Crippen molar-refractivity contribution in [2.45, 2.75) is 26.2 Å². The monoisotopic (exact) mass is 243 g/mol. The van der Waals surface area contributed by atoms with Gasteiger partial charge in [0.1, 0.15) is 0 Å². The summed E-state index contributed by atoms with van der Waals surface area (Å²) in [6.07, 6.45) is 0. The number of benzene rings is 1. The van der Waals surface area contributed by atoms with E-state index in [2.05, 4.69) is 25.5 Å². The standard InChI is InChI=1S/C12H17NO2.ClH/c1-12(2,3)9-7-8(11(14)15-4)5-6-10(9)13;/h5-7H,13H2,1-4H3;1H. The molecule has 0 radical (unpaired) electrons. The first-order valence-corrected chi connectivity index (χ1v) is 4.84. The SMILES string of the molecule is COC(=O)c1ccc(N)c(C(C)(C)C)c1.Cl. The van der Waals surface area contributed by atoms with Gasteiger partial charge in [-0.05, 0) is 29.2 Å². The van der Waals surface area contributed by atoms with Gasteiger partial charge in [-0.2, -0.15) is 0 Å². The van der Waals surface area contributed by atoms with Crippen molar-refractivity contribution in [1.29, 1.82) is 0 Å². The molecule has 0 unspecified atom stereocenters. The lowest BCUT2D eigenvalue weighted by molar-refractivity contribution is 0.0600. The average molecular weight is 244 g/mol. The molecular formula is C12H18ClNO2. The Hall–Kier alpha value is -1.22. The van der Waals surface area contributed by atoms with Crippen LogP contribution in [0.2, 0.25) is 0 Å². The molecule has 1 aromatic carbocycles. The summed E-state index contributed by atoms with van der Waals surface area (Å²) >= 11 is 0. The van der Waals surface area contributed by atoms with E-state index >= 15 is 0 Å².